The number of thiophene rings is 1. The molecule has 0 aliphatic carbocycles. The Bertz CT molecular complexity index is 613. The Morgan fingerprint density at radius 2 is 2.16 bits per heavy atom. The fourth-order valence-corrected chi connectivity index (χ4v) is 2.14. The Morgan fingerprint density at radius 1 is 1.32 bits per heavy atom. The first-order valence-corrected chi connectivity index (χ1v) is 6.34. The zero-order chi connectivity index (χ0) is 13.7. The molecule has 5 nitrogen and oxygen atoms in total. The van der Waals surface area contributed by atoms with Gasteiger partial charge in [-0.05, 0) is 23.6 Å². The summed E-state index contributed by atoms with van der Waals surface area (Å²) in [6, 6.07) is 7.35. The number of nitrogens with two attached hydrogens (primary N) is 2. The van der Waals surface area contributed by atoms with Crippen molar-refractivity contribution in [3.8, 4) is 0 Å². The number of carbonyl (C=O) groups is 1. The third-order valence-electron chi connectivity index (χ3n) is 2.26. The maximum atomic E-state index is 12.0. The largest absolute Gasteiger partial charge is 0.370 e. The molecule has 0 unspecified atom stereocenters. The van der Waals surface area contributed by atoms with Crippen LogP contribution in [0.2, 0.25) is 0 Å². The van der Waals surface area contributed by atoms with E-state index < -0.39 is 5.91 Å². The van der Waals surface area contributed by atoms with Crippen LogP contribution in [0.3, 0.4) is 0 Å². The molecule has 4 N–H and O–H groups in total. The summed E-state index contributed by atoms with van der Waals surface area (Å²) in [6.45, 7) is 0. The first-order valence-electron chi connectivity index (χ1n) is 5.46. The second-order valence-corrected chi connectivity index (χ2v) is 4.64. The van der Waals surface area contributed by atoms with Crippen LogP contribution < -0.4 is 11.5 Å². The van der Waals surface area contributed by atoms with Gasteiger partial charge in [-0.25, -0.2) is 0 Å². The lowest BCUT2D eigenvalue weighted by Gasteiger charge is -2.03. The number of hydrogen-bond acceptors (Lipinski definition) is 3. The van der Waals surface area contributed by atoms with Crippen LogP contribution >= 0.6 is 11.3 Å². The van der Waals surface area contributed by atoms with Crippen LogP contribution in [0.4, 0.5) is 0 Å². The lowest BCUT2D eigenvalue weighted by Crippen LogP contribution is -2.24. The highest BCUT2D eigenvalue weighted by Crippen LogP contribution is 2.21. The standard InChI is InChI=1S/C13H12N4OS/c14-13(15)17-12(18)11(7-10-4-2-6-19-10)9-3-1-5-16-8-9/h1-8H,(H4,14,15,17,18)/b11-7+. The summed E-state index contributed by atoms with van der Waals surface area (Å²) in [5.74, 6) is -0.743. The highest BCUT2D eigenvalue weighted by Gasteiger charge is 2.12. The fraction of sp³-hybridized carbons (Fsp3) is 0. The number of amides is 1. The predicted molar refractivity (Wildman–Crippen MR) is 77.2 cm³/mol. The molecule has 19 heavy (non-hydrogen) atoms. The number of pyridine rings is 1. The predicted octanol–water partition coefficient (Wildman–Crippen LogP) is 1.48. The molecule has 0 aliphatic rings. The second kappa shape index (κ2) is 5.92. The molecule has 2 rings (SSSR count). The SMILES string of the molecule is NC(N)=NC(=O)/C(=C/c1cccs1)c1cccnc1. The third kappa shape index (κ3) is 3.49. The van der Waals surface area contributed by atoms with E-state index in [2.05, 4.69) is 9.98 Å². The zero-order valence-corrected chi connectivity index (χ0v) is 10.8. The summed E-state index contributed by atoms with van der Waals surface area (Å²) < 4.78 is 0. The quantitative estimate of drug-likeness (QED) is 0.502. The summed E-state index contributed by atoms with van der Waals surface area (Å²) >= 11 is 1.52. The molecule has 0 saturated carbocycles. The van der Waals surface area contributed by atoms with E-state index in [9.17, 15) is 4.79 Å². The Hall–Kier alpha value is -2.47. The lowest BCUT2D eigenvalue weighted by molar-refractivity contribution is -0.112. The molecule has 0 aliphatic heterocycles. The molecule has 2 heterocycles. The molecule has 1 amide bonds. The van der Waals surface area contributed by atoms with Gasteiger partial charge in [-0.1, -0.05) is 12.1 Å². The van der Waals surface area contributed by atoms with Crippen LogP contribution in [-0.2, 0) is 4.79 Å². The molecule has 0 saturated heterocycles. The van der Waals surface area contributed by atoms with Crippen molar-refractivity contribution < 1.29 is 4.79 Å². The molecule has 0 aromatic carbocycles. The van der Waals surface area contributed by atoms with Gasteiger partial charge in [-0.15, -0.1) is 11.3 Å². The van der Waals surface area contributed by atoms with Gasteiger partial charge in [0, 0.05) is 22.8 Å². The molecule has 2 aromatic rings. The van der Waals surface area contributed by atoms with E-state index in [-0.39, 0.29) is 5.96 Å². The minimum absolute atomic E-state index is 0.258. The number of aromatic nitrogens is 1. The monoisotopic (exact) mass is 272 g/mol. The Balaban J connectivity index is 2.45. The molecule has 0 radical (unpaired) electrons. The molecule has 0 fully saturated rings. The molecular weight excluding hydrogens is 260 g/mol. The maximum absolute atomic E-state index is 12.0. The highest BCUT2D eigenvalue weighted by atomic mass is 32.1. The maximum Gasteiger partial charge on any atom is 0.280 e. The van der Waals surface area contributed by atoms with Crippen molar-refractivity contribution in [3.63, 3.8) is 0 Å². The van der Waals surface area contributed by atoms with Gasteiger partial charge in [-0.3, -0.25) is 9.78 Å². The molecule has 6 heteroatoms. The number of carbonyl (C=O) groups excluding carboxylic acids is 1. The normalized spacial score (nSPS) is 11.1. The third-order valence-corrected chi connectivity index (χ3v) is 3.08. The number of hydrogen-bond donors (Lipinski definition) is 2. The van der Waals surface area contributed by atoms with Crippen molar-refractivity contribution in [2.45, 2.75) is 0 Å². The van der Waals surface area contributed by atoms with Gasteiger partial charge in [0.1, 0.15) is 0 Å². The van der Waals surface area contributed by atoms with E-state index in [1.165, 1.54) is 11.3 Å². The molecule has 0 spiro atoms. The van der Waals surface area contributed by atoms with Crippen molar-refractivity contribution in [3.05, 3.63) is 52.5 Å². The summed E-state index contributed by atoms with van der Waals surface area (Å²) in [6.07, 6.45) is 4.98. The van der Waals surface area contributed by atoms with E-state index in [1.54, 1.807) is 30.6 Å². The Morgan fingerprint density at radius 3 is 2.74 bits per heavy atom. The van der Waals surface area contributed by atoms with E-state index >= 15 is 0 Å². The van der Waals surface area contributed by atoms with Gasteiger partial charge < -0.3 is 11.5 Å². The summed E-state index contributed by atoms with van der Waals surface area (Å²) in [5.41, 5.74) is 11.6. The van der Waals surface area contributed by atoms with Gasteiger partial charge in [0.2, 0.25) is 0 Å². The first-order chi connectivity index (χ1) is 9.16. The van der Waals surface area contributed by atoms with Gasteiger partial charge >= 0.3 is 0 Å². The van der Waals surface area contributed by atoms with Crippen LogP contribution in [0, 0.1) is 0 Å². The molecule has 96 valence electrons. The van der Waals surface area contributed by atoms with Gasteiger partial charge in [0.25, 0.3) is 5.91 Å². The average Bonchev–Trinajstić information content (AvgIpc) is 2.89. The van der Waals surface area contributed by atoms with E-state index in [0.29, 0.717) is 11.1 Å². The van der Waals surface area contributed by atoms with Crippen molar-refractivity contribution in [1.29, 1.82) is 0 Å². The average molecular weight is 272 g/mol. The lowest BCUT2D eigenvalue weighted by atomic mass is 10.1. The smallest absolute Gasteiger partial charge is 0.280 e. The minimum Gasteiger partial charge on any atom is -0.370 e. The fourth-order valence-electron chi connectivity index (χ4n) is 1.48. The molecule has 0 bridgehead atoms. The van der Waals surface area contributed by atoms with Crippen molar-refractivity contribution in [2.24, 2.45) is 16.5 Å². The highest BCUT2D eigenvalue weighted by molar-refractivity contribution is 7.11. The zero-order valence-electron chi connectivity index (χ0n) is 9.98. The van der Waals surface area contributed by atoms with Crippen molar-refractivity contribution in [1.82, 2.24) is 4.98 Å². The van der Waals surface area contributed by atoms with E-state index in [0.717, 1.165) is 4.88 Å². The van der Waals surface area contributed by atoms with Crippen molar-refractivity contribution in [2.75, 3.05) is 0 Å². The van der Waals surface area contributed by atoms with Gasteiger partial charge in [-0.2, -0.15) is 4.99 Å². The summed E-state index contributed by atoms with van der Waals surface area (Å²) in [4.78, 5) is 20.6. The first kappa shape index (κ1) is 13.0. The van der Waals surface area contributed by atoms with Crippen LogP contribution in [0.25, 0.3) is 11.6 Å². The van der Waals surface area contributed by atoms with E-state index in [1.807, 2.05) is 17.5 Å². The van der Waals surface area contributed by atoms with Gasteiger partial charge in [0.15, 0.2) is 5.96 Å². The topological polar surface area (TPSA) is 94.4 Å². The molecular formula is C13H12N4OS. The van der Waals surface area contributed by atoms with Gasteiger partial charge in [0.05, 0.1) is 5.57 Å². The van der Waals surface area contributed by atoms with Crippen molar-refractivity contribution >= 4 is 34.9 Å². The number of guanidine groups is 1. The molecule has 0 atom stereocenters. The second-order valence-electron chi connectivity index (χ2n) is 3.66. The van der Waals surface area contributed by atoms with Crippen LogP contribution in [0.1, 0.15) is 10.4 Å². The summed E-state index contributed by atoms with van der Waals surface area (Å²) in [5, 5.41) is 1.93. The van der Waals surface area contributed by atoms with Crippen LogP contribution in [0.15, 0.2) is 47.0 Å². The van der Waals surface area contributed by atoms with E-state index in [4.69, 9.17) is 11.5 Å². The number of rotatable bonds is 3. The minimum atomic E-state index is -0.485. The number of nitrogens with zero attached hydrogens (tertiary/aromatic N) is 2. The van der Waals surface area contributed by atoms with Crippen LogP contribution in [-0.4, -0.2) is 16.9 Å². The Labute approximate surface area is 114 Å². The molecule has 2 aromatic heterocycles. The Kier molecular flexibility index (Phi) is 4.04. The van der Waals surface area contributed by atoms with Crippen LogP contribution in [0.5, 0.6) is 0 Å². The number of aliphatic imine (C=N–C) groups is 1. The summed E-state index contributed by atoms with van der Waals surface area (Å²) in [7, 11) is 0.